The van der Waals surface area contributed by atoms with Crippen LogP contribution in [0.15, 0.2) is 61.2 Å². The first-order valence-electron chi connectivity index (χ1n) is 7.72. The average molecular weight is 359 g/mol. The molecule has 2 aromatic rings. The fourth-order valence-electron chi connectivity index (χ4n) is 2.06. The fraction of sp³-hybridized carbons (Fsp3) is 0.158. The van der Waals surface area contributed by atoms with Gasteiger partial charge in [-0.1, -0.05) is 29.8 Å². The maximum absolute atomic E-state index is 12.4. The van der Waals surface area contributed by atoms with Crippen LogP contribution in [0.25, 0.3) is 0 Å². The van der Waals surface area contributed by atoms with Crippen molar-refractivity contribution < 1.29 is 14.3 Å². The van der Waals surface area contributed by atoms with Gasteiger partial charge in [0.15, 0.2) is 6.10 Å². The zero-order valence-electron chi connectivity index (χ0n) is 13.8. The average Bonchev–Trinajstić information content (AvgIpc) is 2.62. The second-order valence-electron chi connectivity index (χ2n) is 5.25. The summed E-state index contributed by atoms with van der Waals surface area (Å²) in [5.74, 6) is -0.120. The molecule has 2 rings (SSSR count). The summed E-state index contributed by atoms with van der Waals surface area (Å²) in [5, 5.41) is 5.99. The molecule has 0 heterocycles. The molecule has 0 radical (unpaired) electrons. The molecule has 130 valence electrons. The van der Waals surface area contributed by atoms with Crippen molar-refractivity contribution in [3.05, 3.63) is 71.8 Å². The third kappa shape index (κ3) is 5.36. The van der Waals surface area contributed by atoms with Crippen molar-refractivity contribution in [1.29, 1.82) is 0 Å². The van der Waals surface area contributed by atoms with E-state index in [9.17, 15) is 9.59 Å². The van der Waals surface area contributed by atoms with Crippen molar-refractivity contribution >= 4 is 29.1 Å². The first-order chi connectivity index (χ1) is 12.0. The Kier molecular flexibility index (Phi) is 6.60. The number of carbonyl (C=O) groups is 2. The highest BCUT2D eigenvalue weighted by molar-refractivity contribution is 6.30. The Balaban J connectivity index is 2.05. The van der Waals surface area contributed by atoms with Gasteiger partial charge in [0, 0.05) is 11.6 Å². The largest absolute Gasteiger partial charge is 0.481 e. The van der Waals surface area contributed by atoms with Crippen LogP contribution in [0.2, 0.25) is 5.02 Å². The van der Waals surface area contributed by atoms with Crippen molar-refractivity contribution in [2.24, 2.45) is 0 Å². The summed E-state index contributed by atoms with van der Waals surface area (Å²) in [6.45, 7) is 5.53. The van der Waals surface area contributed by atoms with Crippen LogP contribution in [-0.4, -0.2) is 24.5 Å². The normalized spacial score (nSPS) is 11.3. The van der Waals surface area contributed by atoms with Crippen molar-refractivity contribution in [3.8, 4) is 5.75 Å². The highest BCUT2D eigenvalue weighted by atomic mass is 35.5. The summed E-state index contributed by atoms with van der Waals surface area (Å²) in [4.78, 5) is 24.5. The molecule has 6 heteroatoms. The molecule has 0 aliphatic heterocycles. The van der Waals surface area contributed by atoms with Gasteiger partial charge < -0.3 is 15.4 Å². The Morgan fingerprint density at radius 1 is 1.20 bits per heavy atom. The van der Waals surface area contributed by atoms with Crippen molar-refractivity contribution in [1.82, 2.24) is 5.32 Å². The number of para-hydroxylation sites is 1. The summed E-state index contributed by atoms with van der Waals surface area (Å²) < 4.78 is 5.58. The summed E-state index contributed by atoms with van der Waals surface area (Å²) in [6.07, 6.45) is 0.840. The van der Waals surface area contributed by atoms with Crippen LogP contribution in [-0.2, 0) is 4.79 Å². The summed E-state index contributed by atoms with van der Waals surface area (Å²) in [5.41, 5.74) is 0.789. The maximum atomic E-state index is 12.4. The summed E-state index contributed by atoms with van der Waals surface area (Å²) in [6, 6.07) is 13.5. The molecular weight excluding hydrogens is 340 g/mol. The molecule has 2 aromatic carbocycles. The second-order valence-corrected chi connectivity index (χ2v) is 5.68. The van der Waals surface area contributed by atoms with Crippen LogP contribution in [0, 0.1) is 0 Å². The molecular formula is C19H19ClN2O3. The van der Waals surface area contributed by atoms with Gasteiger partial charge in [-0.2, -0.15) is 0 Å². The number of ether oxygens (including phenoxy) is 1. The van der Waals surface area contributed by atoms with E-state index in [0.717, 1.165) is 0 Å². The third-order valence-corrected chi connectivity index (χ3v) is 3.58. The van der Waals surface area contributed by atoms with Crippen LogP contribution in [0.3, 0.4) is 0 Å². The minimum atomic E-state index is -0.745. The third-order valence-electron chi connectivity index (χ3n) is 3.33. The van der Waals surface area contributed by atoms with Gasteiger partial charge in [0.05, 0.1) is 11.3 Å². The van der Waals surface area contributed by atoms with Gasteiger partial charge in [-0.15, -0.1) is 6.58 Å². The first-order valence-corrected chi connectivity index (χ1v) is 8.10. The number of anilines is 1. The molecule has 2 amide bonds. The minimum absolute atomic E-state index is 0.290. The van der Waals surface area contributed by atoms with E-state index in [-0.39, 0.29) is 11.8 Å². The van der Waals surface area contributed by atoms with E-state index < -0.39 is 6.10 Å². The molecule has 0 saturated heterocycles. The number of hydrogen-bond donors (Lipinski definition) is 2. The number of rotatable bonds is 7. The van der Waals surface area contributed by atoms with Crippen molar-refractivity contribution in [2.45, 2.75) is 13.0 Å². The lowest BCUT2D eigenvalue weighted by molar-refractivity contribution is -0.122. The summed E-state index contributed by atoms with van der Waals surface area (Å²) in [7, 11) is 0. The van der Waals surface area contributed by atoms with Gasteiger partial charge in [-0.3, -0.25) is 9.59 Å². The smallest absolute Gasteiger partial charge is 0.265 e. The van der Waals surface area contributed by atoms with E-state index in [1.165, 1.54) is 0 Å². The van der Waals surface area contributed by atoms with Gasteiger partial charge in [0.25, 0.3) is 11.8 Å². The molecule has 0 aromatic heterocycles. The molecule has 0 bridgehead atoms. The van der Waals surface area contributed by atoms with Gasteiger partial charge in [0.2, 0.25) is 0 Å². The second kappa shape index (κ2) is 8.89. The molecule has 25 heavy (non-hydrogen) atoms. The number of halogens is 1. The van der Waals surface area contributed by atoms with Crippen LogP contribution >= 0.6 is 11.6 Å². The molecule has 0 unspecified atom stereocenters. The standard InChI is InChI=1S/C19H19ClN2O3/c1-3-12-21-19(24)16-6-4-5-7-17(16)22-18(23)13(2)25-15-10-8-14(20)9-11-15/h3-11,13H,1,12H2,2H3,(H,21,24)(H,22,23)/t13-/m1/s1. The zero-order valence-corrected chi connectivity index (χ0v) is 14.5. The first kappa shape index (κ1) is 18.5. The van der Waals surface area contributed by atoms with E-state index in [2.05, 4.69) is 17.2 Å². The van der Waals surface area contributed by atoms with Crippen LogP contribution in [0.5, 0.6) is 5.75 Å². The quantitative estimate of drug-likeness (QED) is 0.742. The van der Waals surface area contributed by atoms with Gasteiger partial charge >= 0.3 is 0 Å². The van der Waals surface area contributed by atoms with Gasteiger partial charge in [-0.05, 0) is 43.3 Å². The molecule has 0 saturated carbocycles. The van der Waals surface area contributed by atoms with E-state index in [1.807, 2.05) is 0 Å². The topological polar surface area (TPSA) is 67.4 Å². The molecule has 0 aliphatic rings. The Bertz CT molecular complexity index is 760. The van der Waals surface area contributed by atoms with Crippen LogP contribution < -0.4 is 15.4 Å². The molecule has 0 fully saturated rings. The fourth-order valence-corrected chi connectivity index (χ4v) is 2.18. The van der Waals surface area contributed by atoms with E-state index in [1.54, 1.807) is 61.5 Å². The highest BCUT2D eigenvalue weighted by Gasteiger charge is 2.18. The molecule has 1 atom stereocenters. The van der Waals surface area contributed by atoms with Crippen LogP contribution in [0.1, 0.15) is 17.3 Å². The monoisotopic (exact) mass is 358 g/mol. The molecule has 5 nitrogen and oxygen atoms in total. The lowest BCUT2D eigenvalue weighted by Gasteiger charge is -2.16. The number of carbonyl (C=O) groups excluding carboxylic acids is 2. The van der Waals surface area contributed by atoms with Gasteiger partial charge in [0.1, 0.15) is 5.75 Å². The van der Waals surface area contributed by atoms with Crippen LogP contribution in [0.4, 0.5) is 5.69 Å². The number of amides is 2. The number of hydrogen-bond acceptors (Lipinski definition) is 3. The molecule has 0 spiro atoms. The van der Waals surface area contributed by atoms with Crippen molar-refractivity contribution in [3.63, 3.8) is 0 Å². The summed E-state index contributed by atoms with van der Waals surface area (Å²) >= 11 is 5.82. The maximum Gasteiger partial charge on any atom is 0.265 e. The Morgan fingerprint density at radius 3 is 2.56 bits per heavy atom. The molecule has 0 aliphatic carbocycles. The molecule has 2 N–H and O–H groups in total. The number of nitrogens with one attached hydrogen (secondary N) is 2. The lowest BCUT2D eigenvalue weighted by Crippen LogP contribution is -2.31. The van der Waals surface area contributed by atoms with E-state index >= 15 is 0 Å². The predicted molar refractivity (Wildman–Crippen MR) is 99.1 cm³/mol. The Morgan fingerprint density at radius 2 is 1.88 bits per heavy atom. The Hall–Kier alpha value is -2.79. The number of benzene rings is 2. The van der Waals surface area contributed by atoms with E-state index in [0.29, 0.717) is 28.6 Å². The van der Waals surface area contributed by atoms with E-state index in [4.69, 9.17) is 16.3 Å². The highest BCUT2D eigenvalue weighted by Crippen LogP contribution is 2.19. The lowest BCUT2D eigenvalue weighted by atomic mass is 10.1. The van der Waals surface area contributed by atoms with Gasteiger partial charge in [-0.25, -0.2) is 0 Å². The SMILES string of the molecule is C=CCNC(=O)c1ccccc1NC(=O)[C@@H](C)Oc1ccc(Cl)cc1. The van der Waals surface area contributed by atoms with Crippen molar-refractivity contribution in [2.75, 3.05) is 11.9 Å². The zero-order chi connectivity index (χ0) is 18.2. The Labute approximate surface area is 151 Å². The minimum Gasteiger partial charge on any atom is -0.481 e. The predicted octanol–water partition coefficient (Wildman–Crippen LogP) is 3.66.